The third kappa shape index (κ3) is 3.67. The predicted octanol–water partition coefficient (Wildman–Crippen LogP) is 3.18. The van der Waals surface area contributed by atoms with Gasteiger partial charge in [-0.15, -0.1) is 0 Å². The van der Waals surface area contributed by atoms with Gasteiger partial charge in [0.15, 0.2) is 0 Å². The van der Waals surface area contributed by atoms with Gasteiger partial charge < -0.3 is 10.1 Å². The molecule has 1 saturated carbocycles. The lowest BCUT2D eigenvalue weighted by Gasteiger charge is -2.48. The van der Waals surface area contributed by atoms with Crippen LogP contribution in [-0.4, -0.2) is 48.2 Å². The minimum absolute atomic E-state index is 0.00425. The molecule has 0 atom stereocenters. The van der Waals surface area contributed by atoms with E-state index < -0.39 is 10.7 Å². The van der Waals surface area contributed by atoms with E-state index in [0.717, 1.165) is 45.2 Å². The minimum atomic E-state index is -0.590. The summed E-state index contributed by atoms with van der Waals surface area (Å²) in [5.74, 6) is -0.590. The molecule has 1 aliphatic carbocycles. The first-order valence-corrected chi connectivity index (χ1v) is 8.61. The summed E-state index contributed by atoms with van der Waals surface area (Å²) in [5.41, 5.74) is 0.187. The Bertz CT molecular complexity index is 584. The SMILES string of the molecule is O=[N+]([O-])c1cc(F)ccc1NCC1(N2CCOCC2)CCCCC1. The lowest BCUT2D eigenvalue weighted by molar-refractivity contribution is -0.384. The van der Waals surface area contributed by atoms with Crippen molar-refractivity contribution in [2.24, 2.45) is 0 Å². The molecule has 1 saturated heterocycles. The van der Waals surface area contributed by atoms with Gasteiger partial charge in [0.2, 0.25) is 0 Å². The maximum atomic E-state index is 13.3. The summed E-state index contributed by atoms with van der Waals surface area (Å²) in [4.78, 5) is 13.1. The highest BCUT2D eigenvalue weighted by molar-refractivity contribution is 5.61. The molecule has 0 spiro atoms. The second-order valence-electron chi connectivity index (χ2n) is 6.66. The Labute approximate surface area is 141 Å². The molecule has 7 heteroatoms. The second-order valence-corrected chi connectivity index (χ2v) is 6.66. The van der Waals surface area contributed by atoms with E-state index in [9.17, 15) is 14.5 Å². The van der Waals surface area contributed by atoms with Crippen LogP contribution in [0.5, 0.6) is 0 Å². The van der Waals surface area contributed by atoms with E-state index in [2.05, 4.69) is 10.2 Å². The zero-order chi connectivity index (χ0) is 17.0. The molecular weight excluding hydrogens is 313 g/mol. The van der Waals surface area contributed by atoms with E-state index in [1.807, 2.05) is 0 Å². The first-order valence-electron chi connectivity index (χ1n) is 8.61. The van der Waals surface area contributed by atoms with E-state index >= 15 is 0 Å². The molecule has 3 rings (SSSR count). The summed E-state index contributed by atoms with van der Waals surface area (Å²) < 4.78 is 18.8. The Morgan fingerprint density at radius 2 is 1.96 bits per heavy atom. The molecule has 0 amide bonds. The first-order chi connectivity index (χ1) is 11.6. The van der Waals surface area contributed by atoms with Gasteiger partial charge in [0.25, 0.3) is 5.69 Å². The Balaban J connectivity index is 1.77. The Hall–Kier alpha value is -1.73. The van der Waals surface area contributed by atoms with Crippen molar-refractivity contribution < 1.29 is 14.1 Å². The molecule has 2 fully saturated rings. The predicted molar refractivity (Wildman–Crippen MR) is 89.8 cm³/mol. The topological polar surface area (TPSA) is 67.6 Å². The van der Waals surface area contributed by atoms with Crippen LogP contribution in [0, 0.1) is 15.9 Å². The van der Waals surface area contributed by atoms with Crippen molar-refractivity contribution in [3.63, 3.8) is 0 Å². The molecule has 1 heterocycles. The normalized spacial score (nSPS) is 21.4. The zero-order valence-electron chi connectivity index (χ0n) is 13.8. The van der Waals surface area contributed by atoms with Crippen molar-refractivity contribution >= 4 is 11.4 Å². The Kier molecular flexibility index (Phi) is 5.30. The summed E-state index contributed by atoms with van der Waals surface area (Å²) in [6.07, 6.45) is 5.74. The standard InChI is InChI=1S/C17H24FN3O3/c18-14-4-5-15(16(12-14)21(22)23)19-13-17(6-2-1-3-7-17)20-8-10-24-11-9-20/h4-5,12,19H,1-3,6-11,13H2. The number of hydrogen-bond donors (Lipinski definition) is 1. The third-order valence-electron chi connectivity index (χ3n) is 5.23. The highest BCUT2D eigenvalue weighted by Gasteiger charge is 2.38. The van der Waals surface area contributed by atoms with E-state index in [0.29, 0.717) is 12.2 Å². The zero-order valence-corrected chi connectivity index (χ0v) is 13.8. The molecule has 1 aromatic carbocycles. The van der Waals surface area contributed by atoms with Crippen LogP contribution < -0.4 is 5.32 Å². The van der Waals surface area contributed by atoms with Gasteiger partial charge in [-0.25, -0.2) is 4.39 Å². The summed E-state index contributed by atoms with van der Waals surface area (Å²) >= 11 is 0. The van der Waals surface area contributed by atoms with E-state index in [1.165, 1.54) is 31.4 Å². The number of nitro groups is 1. The minimum Gasteiger partial charge on any atom is -0.379 e. The van der Waals surface area contributed by atoms with Crippen molar-refractivity contribution in [1.82, 2.24) is 4.90 Å². The average molecular weight is 337 g/mol. The summed E-state index contributed by atoms with van der Waals surface area (Å²) in [7, 11) is 0. The molecule has 1 N–H and O–H groups in total. The van der Waals surface area contributed by atoms with E-state index in [1.54, 1.807) is 0 Å². The molecule has 0 radical (unpaired) electrons. The monoisotopic (exact) mass is 337 g/mol. The van der Waals surface area contributed by atoms with Gasteiger partial charge in [-0.2, -0.15) is 0 Å². The molecule has 6 nitrogen and oxygen atoms in total. The smallest absolute Gasteiger partial charge is 0.295 e. The van der Waals surface area contributed by atoms with Crippen LogP contribution in [0.4, 0.5) is 15.8 Å². The number of morpholine rings is 1. The first kappa shape index (κ1) is 17.1. The number of rotatable bonds is 5. The molecule has 1 aromatic rings. The van der Waals surface area contributed by atoms with Gasteiger partial charge in [-0.3, -0.25) is 15.0 Å². The lowest BCUT2D eigenvalue weighted by Crippen LogP contribution is -2.58. The number of nitrogens with one attached hydrogen (secondary N) is 1. The quantitative estimate of drug-likeness (QED) is 0.660. The van der Waals surface area contributed by atoms with Crippen molar-refractivity contribution in [1.29, 1.82) is 0 Å². The van der Waals surface area contributed by atoms with Crippen LogP contribution in [-0.2, 0) is 4.74 Å². The Morgan fingerprint density at radius 3 is 2.62 bits per heavy atom. The van der Waals surface area contributed by atoms with Crippen LogP contribution in [0.2, 0.25) is 0 Å². The van der Waals surface area contributed by atoms with Crippen LogP contribution in [0.3, 0.4) is 0 Å². The molecule has 1 aliphatic heterocycles. The fourth-order valence-electron chi connectivity index (χ4n) is 3.92. The van der Waals surface area contributed by atoms with Crippen LogP contribution >= 0.6 is 0 Å². The summed E-state index contributed by atoms with van der Waals surface area (Å²) in [6.45, 7) is 3.90. The molecule has 2 aliphatic rings. The van der Waals surface area contributed by atoms with E-state index in [4.69, 9.17) is 4.74 Å². The maximum Gasteiger partial charge on any atom is 0.295 e. The largest absolute Gasteiger partial charge is 0.379 e. The molecular formula is C17H24FN3O3. The fourth-order valence-corrected chi connectivity index (χ4v) is 3.92. The number of nitro benzene ring substituents is 1. The number of nitrogens with zero attached hydrogens (tertiary/aromatic N) is 2. The number of anilines is 1. The number of halogens is 1. The van der Waals surface area contributed by atoms with Crippen molar-refractivity contribution in [3.05, 3.63) is 34.1 Å². The van der Waals surface area contributed by atoms with E-state index in [-0.39, 0.29) is 11.2 Å². The highest BCUT2D eigenvalue weighted by atomic mass is 19.1. The number of ether oxygens (including phenoxy) is 1. The average Bonchev–Trinajstić information content (AvgIpc) is 2.62. The highest BCUT2D eigenvalue weighted by Crippen LogP contribution is 2.35. The van der Waals surface area contributed by atoms with Gasteiger partial charge >= 0.3 is 0 Å². The lowest BCUT2D eigenvalue weighted by atomic mass is 9.79. The molecule has 0 bridgehead atoms. The number of hydrogen-bond acceptors (Lipinski definition) is 5. The fraction of sp³-hybridized carbons (Fsp3) is 0.647. The van der Waals surface area contributed by atoms with Gasteiger partial charge in [-0.1, -0.05) is 19.3 Å². The van der Waals surface area contributed by atoms with Gasteiger partial charge in [0.05, 0.1) is 24.2 Å². The van der Waals surface area contributed by atoms with Crippen molar-refractivity contribution in [2.75, 3.05) is 38.2 Å². The summed E-state index contributed by atoms with van der Waals surface area (Å²) in [6, 6.07) is 3.70. The van der Waals surface area contributed by atoms with Crippen LogP contribution in [0.25, 0.3) is 0 Å². The van der Waals surface area contributed by atoms with Crippen molar-refractivity contribution in [2.45, 2.75) is 37.6 Å². The maximum absolute atomic E-state index is 13.3. The molecule has 0 aromatic heterocycles. The van der Waals surface area contributed by atoms with Gasteiger partial charge in [0.1, 0.15) is 11.5 Å². The second kappa shape index (κ2) is 7.44. The van der Waals surface area contributed by atoms with Crippen LogP contribution in [0.1, 0.15) is 32.1 Å². The van der Waals surface area contributed by atoms with Gasteiger partial charge in [-0.05, 0) is 25.0 Å². The molecule has 0 unspecified atom stereocenters. The van der Waals surface area contributed by atoms with Gasteiger partial charge in [0, 0.05) is 25.2 Å². The molecule has 24 heavy (non-hydrogen) atoms. The van der Waals surface area contributed by atoms with Crippen molar-refractivity contribution in [3.8, 4) is 0 Å². The third-order valence-corrected chi connectivity index (χ3v) is 5.23. The Morgan fingerprint density at radius 1 is 1.25 bits per heavy atom. The number of benzene rings is 1. The molecule has 132 valence electrons. The summed E-state index contributed by atoms with van der Waals surface area (Å²) in [5, 5.41) is 14.4. The van der Waals surface area contributed by atoms with Crippen LogP contribution in [0.15, 0.2) is 18.2 Å².